The zero-order valence-electron chi connectivity index (χ0n) is 28.3. The molecule has 3 fully saturated rings. The maximum Gasteiger partial charge on any atom is 0.306 e. The average Bonchev–Trinajstić information content (AvgIpc) is 3.73. The number of unbranched alkanes of at least 4 members (excludes halogenated alkanes) is 2. The lowest BCUT2D eigenvalue weighted by atomic mass is 9.70. The Morgan fingerprint density at radius 2 is 1.94 bits per heavy atom. The standard InChI is InChI=1S/C37H53N3O7/c1-6-10-15-22-39(21-8-3)36(45)33-37-20-19-29(47-37)31(32(37)35(44)40(33)28(23-41)25(5)9-4)34(43)38-27(26-16-13-12-14-17-26)24-46-30(42)18-11-7-2/h7-8,12-14,16-17,25,27-29,31-33,41H,2-3,6,9-11,15,18-24H2,1,4-5H3,(H,38,43)/t25-,27+,28-,29+,31-,32-,33+,37-/m0/s1. The highest BCUT2D eigenvalue weighted by molar-refractivity contribution is 5.99. The summed E-state index contributed by atoms with van der Waals surface area (Å²) in [5.74, 6) is -3.16. The number of hydrogen-bond donors (Lipinski definition) is 2. The third-order valence-corrected chi connectivity index (χ3v) is 10.3. The van der Waals surface area contributed by atoms with E-state index in [0.717, 1.165) is 24.8 Å². The van der Waals surface area contributed by atoms with Gasteiger partial charge in [-0.15, -0.1) is 13.2 Å². The van der Waals surface area contributed by atoms with Gasteiger partial charge >= 0.3 is 5.97 Å². The molecule has 1 aromatic carbocycles. The molecule has 8 atom stereocenters. The van der Waals surface area contributed by atoms with Crippen LogP contribution in [0.4, 0.5) is 0 Å². The van der Waals surface area contributed by atoms with E-state index in [0.29, 0.717) is 38.8 Å². The van der Waals surface area contributed by atoms with Crippen LogP contribution in [-0.2, 0) is 28.7 Å². The highest BCUT2D eigenvalue weighted by atomic mass is 16.5. The van der Waals surface area contributed by atoms with Crippen molar-refractivity contribution in [3.63, 3.8) is 0 Å². The number of carbonyl (C=O) groups excluding carboxylic acids is 4. The number of benzene rings is 1. The first-order valence-corrected chi connectivity index (χ1v) is 17.3. The number of likely N-dealkylation sites (tertiary alicyclic amines) is 1. The summed E-state index contributed by atoms with van der Waals surface area (Å²) >= 11 is 0. The Morgan fingerprint density at radius 1 is 1.19 bits per heavy atom. The second-order valence-corrected chi connectivity index (χ2v) is 13.2. The van der Waals surface area contributed by atoms with E-state index in [1.54, 1.807) is 22.0 Å². The second kappa shape index (κ2) is 16.6. The summed E-state index contributed by atoms with van der Waals surface area (Å²) in [4.78, 5) is 59.1. The van der Waals surface area contributed by atoms with Crippen LogP contribution in [0.1, 0.15) is 83.7 Å². The normalized spacial score (nSPS) is 26.3. The minimum absolute atomic E-state index is 0.0736. The van der Waals surface area contributed by atoms with Crippen molar-refractivity contribution in [2.45, 2.75) is 102 Å². The lowest BCUT2D eigenvalue weighted by Gasteiger charge is -2.41. The minimum Gasteiger partial charge on any atom is -0.463 e. The molecule has 4 rings (SSSR count). The number of aliphatic hydroxyl groups excluding tert-OH is 1. The van der Waals surface area contributed by atoms with Crippen LogP contribution in [0.2, 0.25) is 0 Å². The highest BCUT2D eigenvalue weighted by Crippen LogP contribution is 2.59. The Morgan fingerprint density at radius 3 is 2.57 bits per heavy atom. The van der Waals surface area contributed by atoms with E-state index in [-0.39, 0.29) is 43.3 Å². The quantitative estimate of drug-likeness (QED) is 0.130. The number of fused-ring (bicyclic) bond motifs is 1. The van der Waals surface area contributed by atoms with Crippen LogP contribution in [0.5, 0.6) is 0 Å². The Hall–Kier alpha value is -3.50. The first kappa shape index (κ1) is 36.3. The molecule has 3 aliphatic heterocycles. The number of amides is 3. The molecule has 0 aromatic heterocycles. The smallest absolute Gasteiger partial charge is 0.306 e. The topological polar surface area (TPSA) is 125 Å². The highest BCUT2D eigenvalue weighted by Gasteiger charge is 2.75. The van der Waals surface area contributed by atoms with E-state index in [1.807, 2.05) is 44.2 Å². The van der Waals surface area contributed by atoms with Crippen molar-refractivity contribution >= 4 is 23.7 Å². The van der Waals surface area contributed by atoms with Crippen LogP contribution in [0.25, 0.3) is 0 Å². The fraction of sp³-hybridized carbons (Fsp3) is 0.622. The van der Waals surface area contributed by atoms with E-state index in [1.165, 1.54) is 0 Å². The van der Waals surface area contributed by atoms with E-state index in [4.69, 9.17) is 9.47 Å². The number of allylic oxidation sites excluding steroid dienone is 1. The van der Waals surface area contributed by atoms with Crippen molar-refractivity contribution in [1.29, 1.82) is 0 Å². The van der Waals surface area contributed by atoms with Gasteiger partial charge < -0.3 is 29.7 Å². The van der Waals surface area contributed by atoms with E-state index >= 15 is 0 Å². The van der Waals surface area contributed by atoms with Gasteiger partial charge in [0, 0.05) is 19.5 Å². The second-order valence-electron chi connectivity index (χ2n) is 13.2. The maximum absolute atomic E-state index is 14.6. The number of hydrogen-bond acceptors (Lipinski definition) is 7. The minimum atomic E-state index is -1.19. The molecule has 0 radical (unpaired) electrons. The molecule has 0 saturated carbocycles. The predicted molar refractivity (Wildman–Crippen MR) is 179 cm³/mol. The van der Waals surface area contributed by atoms with Gasteiger partial charge in [-0.3, -0.25) is 19.2 Å². The summed E-state index contributed by atoms with van der Waals surface area (Å²) in [6.07, 6.45) is 7.91. The fourth-order valence-corrected chi connectivity index (χ4v) is 7.66. The van der Waals surface area contributed by atoms with Crippen molar-refractivity contribution in [3.05, 3.63) is 61.2 Å². The summed E-state index contributed by atoms with van der Waals surface area (Å²) < 4.78 is 12.2. The number of aliphatic hydroxyl groups is 1. The first-order valence-electron chi connectivity index (χ1n) is 17.3. The molecule has 10 nitrogen and oxygen atoms in total. The maximum atomic E-state index is 14.6. The van der Waals surface area contributed by atoms with Crippen LogP contribution in [-0.4, -0.2) is 88.7 Å². The SMILES string of the molecule is C=CCCC(=O)OC[C@@H](NC(=O)[C@@H]1[C@H]2C(=O)N([C@@H](CO)[C@@H](C)CC)[C@H](C(=O)N(CC=C)CCCCC)[C@]23CC[C@H]1O3)c1ccccc1. The zero-order chi connectivity index (χ0) is 34.1. The summed E-state index contributed by atoms with van der Waals surface area (Å²) in [6, 6.07) is 7.03. The molecule has 0 unspecified atom stereocenters. The predicted octanol–water partition coefficient (Wildman–Crippen LogP) is 4.34. The summed E-state index contributed by atoms with van der Waals surface area (Å²) in [7, 11) is 0. The van der Waals surface area contributed by atoms with Crippen molar-refractivity contribution in [1.82, 2.24) is 15.1 Å². The van der Waals surface area contributed by atoms with Crippen molar-refractivity contribution in [3.8, 4) is 0 Å². The molecule has 47 heavy (non-hydrogen) atoms. The largest absolute Gasteiger partial charge is 0.463 e. The lowest BCUT2D eigenvalue weighted by Crippen LogP contribution is -2.59. The number of rotatable bonds is 19. The van der Waals surface area contributed by atoms with Crippen LogP contribution >= 0.6 is 0 Å². The monoisotopic (exact) mass is 651 g/mol. The molecule has 2 bridgehead atoms. The van der Waals surface area contributed by atoms with Gasteiger partial charge in [-0.2, -0.15) is 0 Å². The van der Waals surface area contributed by atoms with E-state index in [9.17, 15) is 24.3 Å². The van der Waals surface area contributed by atoms with Gasteiger partial charge in [-0.25, -0.2) is 0 Å². The summed E-state index contributed by atoms with van der Waals surface area (Å²) in [5.41, 5.74) is -0.432. The third-order valence-electron chi connectivity index (χ3n) is 10.3. The number of esters is 1. The molecule has 3 amide bonds. The lowest BCUT2D eigenvalue weighted by molar-refractivity contribution is -0.152. The number of carbonyl (C=O) groups is 4. The van der Waals surface area contributed by atoms with Gasteiger partial charge in [0.2, 0.25) is 17.7 Å². The van der Waals surface area contributed by atoms with Crippen molar-refractivity contribution in [2.24, 2.45) is 17.8 Å². The summed E-state index contributed by atoms with van der Waals surface area (Å²) in [5, 5.41) is 13.7. The van der Waals surface area contributed by atoms with E-state index < -0.39 is 47.6 Å². The summed E-state index contributed by atoms with van der Waals surface area (Å²) in [6.45, 7) is 14.0. The van der Waals surface area contributed by atoms with Gasteiger partial charge in [0.15, 0.2) is 0 Å². The molecule has 3 heterocycles. The Labute approximate surface area is 279 Å². The van der Waals surface area contributed by atoms with E-state index in [2.05, 4.69) is 25.4 Å². The average molecular weight is 652 g/mol. The van der Waals surface area contributed by atoms with Gasteiger partial charge in [0.05, 0.1) is 36.6 Å². The van der Waals surface area contributed by atoms with Gasteiger partial charge in [-0.05, 0) is 37.2 Å². The molecular weight excluding hydrogens is 598 g/mol. The molecule has 1 aromatic rings. The third kappa shape index (κ3) is 7.49. The number of ether oxygens (including phenoxy) is 2. The van der Waals surface area contributed by atoms with Gasteiger partial charge in [-0.1, -0.05) is 82.5 Å². The number of nitrogens with zero attached hydrogens (tertiary/aromatic N) is 2. The van der Waals surface area contributed by atoms with Crippen LogP contribution in [0.3, 0.4) is 0 Å². The molecular formula is C37H53N3O7. The molecule has 3 aliphatic rings. The van der Waals surface area contributed by atoms with Crippen LogP contribution in [0, 0.1) is 17.8 Å². The Balaban J connectivity index is 1.68. The van der Waals surface area contributed by atoms with Crippen LogP contribution in [0.15, 0.2) is 55.6 Å². The molecule has 3 saturated heterocycles. The zero-order valence-corrected chi connectivity index (χ0v) is 28.3. The molecule has 2 N–H and O–H groups in total. The van der Waals surface area contributed by atoms with Gasteiger partial charge in [0.25, 0.3) is 0 Å². The molecule has 258 valence electrons. The first-order chi connectivity index (χ1) is 22.7. The van der Waals surface area contributed by atoms with Crippen LogP contribution < -0.4 is 5.32 Å². The number of nitrogens with one attached hydrogen (secondary N) is 1. The van der Waals surface area contributed by atoms with Gasteiger partial charge in [0.1, 0.15) is 18.2 Å². The molecule has 10 heteroatoms. The molecule has 1 spiro atoms. The fourth-order valence-electron chi connectivity index (χ4n) is 7.66. The Bertz CT molecular complexity index is 1270. The van der Waals surface area contributed by atoms with Crippen molar-refractivity contribution < 1.29 is 33.8 Å². The van der Waals surface area contributed by atoms with Crippen molar-refractivity contribution in [2.75, 3.05) is 26.3 Å². The molecule has 0 aliphatic carbocycles. The Kier molecular flexibility index (Phi) is 12.8.